The normalized spacial score (nSPS) is 13.9. The van der Waals surface area contributed by atoms with Gasteiger partial charge in [0, 0.05) is 10.7 Å². The number of hydrogen-bond acceptors (Lipinski definition) is 7. The zero-order chi connectivity index (χ0) is 32.2. The molecule has 5 aromatic rings. The minimum Gasteiger partial charge on any atom is -0.490 e. The monoisotopic (exact) mass is 637 g/mol. The van der Waals surface area contributed by atoms with Gasteiger partial charge < -0.3 is 18.6 Å². The van der Waals surface area contributed by atoms with Gasteiger partial charge in [0.25, 0.3) is 5.91 Å². The first-order valence-electron chi connectivity index (χ1n) is 15.2. The maximum atomic E-state index is 14.1. The van der Waals surface area contributed by atoms with Gasteiger partial charge in [-0.2, -0.15) is 0 Å². The van der Waals surface area contributed by atoms with Gasteiger partial charge in [-0.05, 0) is 79.1 Å². The predicted molar refractivity (Wildman–Crippen MR) is 176 cm³/mol. The molecule has 4 aromatic carbocycles. The number of unbranched alkanes of at least 4 members (excludes halogenated alkanes) is 1. The Bertz CT molecular complexity index is 1950. The van der Waals surface area contributed by atoms with Crippen molar-refractivity contribution in [3.63, 3.8) is 0 Å². The first kappa shape index (κ1) is 30.9. The number of halogens is 1. The highest BCUT2D eigenvalue weighted by atomic mass is 35.5. The third-order valence-corrected chi connectivity index (χ3v) is 8.00. The van der Waals surface area contributed by atoms with Crippen molar-refractivity contribution >= 4 is 40.1 Å². The standard InChI is InChI=1S/C37H32ClNO7/c1-3-5-19-44-37(42)24-11-15-27(16-12-24)39-33(32-34(40)28-21-26(38)14-18-29(28)46-35(32)36(39)41)25-13-17-30(31(20-25)43-4-2)45-22-23-9-7-6-8-10-23/h6-18,20-21,33H,3-5,19,22H2,1-2H3. The molecule has 0 fully saturated rings. The van der Waals surface area contributed by atoms with Crippen LogP contribution in [0.3, 0.4) is 0 Å². The number of benzene rings is 4. The topological polar surface area (TPSA) is 95.3 Å². The smallest absolute Gasteiger partial charge is 0.338 e. The number of hydrogen-bond donors (Lipinski definition) is 0. The van der Waals surface area contributed by atoms with E-state index in [1.807, 2.05) is 50.2 Å². The molecule has 0 saturated carbocycles. The average molecular weight is 638 g/mol. The van der Waals surface area contributed by atoms with Crippen molar-refractivity contribution in [2.75, 3.05) is 18.1 Å². The molecule has 46 heavy (non-hydrogen) atoms. The first-order chi connectivity index (χ1) is 22.4. The van der Waals surface area contributed by atoms with E-state index in [2.05, 4.69) is 0 Å². The van der Waals surface area contributed by atoms with Crippen LogP contribution in [0.4, 0.5) is 5.69 Å². The summed E-state index contributed by atoms with van der Waals surface area (Å²) < 4.78 is 23.5. The number of carbonyl (C=O) groups excluding carboxylic acids is 2. The van der Waals surface area contributed by atoms with Crippen LogP contribution < -0.4 is 19.8 Å². The summed E-state index contributed by atoms with van der Waals surface area (Å²) in [7, 11) is 0. The van der Waals surface area contributed by atoms with E-state index >= 15 is 0 Å². The molecule has 0 aliphatic carbocycles. The molecule has 8 nitrogen and oxygen atoms in total. The lowest BCUT2D eigenvalue weighted by molar-refractivity contribution is 0.0499. The minimum absolute atomic E-state index is 0.0600. The van der Waals surface area contributed by atoms with Crippen LogP contribution in [-0.4, -0.2) is 25.1 Å². The van der Waals surface area contributed by atoms with Crippen LogP contribution in [0, 0.1) is 0 Å². The van der Waals surface area contributed by atoms with Crippen LogP contribution in [0.25, 0.3) is 11.0 Å². The number of anilines is 1. The van der Waals surface area contributed by atoms with Gasteiger partial charge in [-0.25, -0.2) is 4.79 Å². The fourth-order valence-electron chi connectivity index (χ4n) is 5.50. The lowest BCUT2D eigenvalue weighted by atomic mass is 9.97. The molecule has 0 N–H and O–H groups in total. The number of amides is 1. The van der Waals surface area contributed by atoms with Crippen molar-refractivity contribution in [3.8, 4) is 11.5 Å². The summed E-state index contributed by atoms with van der Waals surface area (Å²) in [5, 5.41) is 0.640. The molecule has 0 spiro atoms. The SMILES string of the molecule is CCCCOC(=O)c1ccc(N2C(=O)c3oc4ccc(Cl)cc4c(=O)c3C2c2ccc(OCc3ccccc3)c(OCC)c2)cc1. The molecule has 1 atom stereocenters. The Morgan fingerprint density at radius 3 is 2.41 bits per heavy atom. The summed E-state index contributed by atoms with van der Waals surface area (Å²) in [5.74, 6) is -0.00572. The third kappa shape index (κ3) is 6.08. The van der Waals surface area contributed by atoms with E-state index in [4.69, 9.17) is 30.2 Å². The van der Waals surface area contributed by atoms with Gasteiger partial charge in [-0.15, -0.1) is 0 Å². The molecule has 6 rings (SSSR count). The number of ether oxygens (including phenoxy) is 3. The highest BCUT2D eigenvalue weighted by Crippen LogP contribution is 2.43. The minimum atomic E-state index is -0.869. The van der Waals surface area contributed by atoms with Crippen LogP contribution >= 0.6 is 11.6 Å². The van der Waals surface area contributed by atoms with Crippen molar-refractivity contribution in [3.05, 3.63) is 134 Å². The number of carbonyl (C=O) groups is 2. The third-order valence-electron chi connectivity index (χ3n) is 7.76. The van der Waals surface area contributed by atoms with E-state index in [9.17, 15) is 14.4 Å². The molecule has 1 unspecified atom stereocenters. The van der Waals surface area contributed by atoms with Crippen molar-refractivity contribution in [1.29, 1.82) is 0 Å². The first-order valence-corrected chi connectivity index (χ1v) is 15.6. The second-order valence-corrected chi connectivity index (χ2v) is 11.3. The number of fused-ring (bicyclic) bond motifs is 2. The van der Waals surface area contributed by atoms with Gasteiger partial charge >= 0.3 is 5.97 Å². The van der Waals surface area contributed by atoms with Crippen LogP contribution in [0.5, 0.6) is 11.5 Å². The van der Waals surface area contributed by atoms with Crippen molar-refractivity contribution < 1.29 is 28.2 Å². The highest BCUT2D eigenvalue weighted by Gasteiger charge is 2.44. The van der Waals surface area contributed by atoms with Gasteiger partial charge in [0.05, 0.1) is 35.8 Å². The van der Waals surface area contributed by atoms with E-state index < -0.39 is 17.9 Å². The van der Waals surface area contributed by atoms with Gasteiger partial charge in [-0.3, -0.25) is 14.5 Å². The Morgan fingerprint density at radius 1 is 0.891 bits per heavy atom. The summed E-state index contributed by atoms with van der Waals surface area (Å²) in [4.78, 5) is 42.2. The predicted octanol–water partition coefficient (Wildman–Crippen LogP) is 8.13. The average Bonchev–Trinajstić information content (AvgIpc) is 3.37. The maximum absolute atomic E-state index is 14.1. The fraction of sp³-hybridized carbons (Fsp3) is 0.216. The van der Waals surface area contributed by atoms with Crippen LogP contribution in [0.2, 0.25) is 5.02 Å². The fourth-order valence-corrected chi connectivity index (χ4v) is 5.67. The lowest BCUT2D eigenvalue weighted by Crippen LogP contribution is -2.29. The van der Waals surface area contributed by atoms with Gasteiger partial charge in [0.15, 0.2) is 16.9 Å². The Labute approximate surface area is 271 Å². The quantitative estimate of drug-likeness (QED) is 0.107. The molecule has 0 bridgehead atoms. The Hall–Kier alpha value is -5.08. The molecule has 1 aromatic heterocycles. The molecule has 2 heterocycles. The number of nitrogens with zero attached hydrogens (tertiary/aromatic N) is 1. The van der Waals surface area contributed by atoms with Crippen LogP contribution in [0.15, 0.2) is 100 Å². The van der Waals surface area contributed by atoms with E-state index in [0.717, 1.165) is 18.4 Å². The van der Waals surface area contributed by atoms with Gasteiger partial charge in [-0.1, -0.05) is 61.3 Å². The van der Waals surface area contributed by atoms with E-state index in [-0.39, 0.29) is 27.7 Å². The summed E-state index contributed by atoms with van der Waals surface area (Å²) in [6.45, 7) is 4.92. The molecule has 0 radical (unpaired) electrons. The number of rotatable bonds is 11. The summed E-state index contributed by atoms with van der Waals surface area (Å²) >= 11 is 6.25. The molecular weight excluding hydrogens is 606 g/mol. The number of esters is 1. The molecule has 234 valence electrons. The van der Waals surface area contributed by atoms with Crippen LogP contribution in [-0.2, 0) is 11.3 Å². The summed E-state index contributed by atoms with van der Waals surface area (Å²) in [5.41, 5.74) is 2.51. The van der Waals surface area contributed by atoms with Gasteiger partial charge in [0.1, 0.15) is 12.2 Å². The largest absolute Gasteiger partial charge is 0.490 e. The van der Waals surface area contributed by atoms with E-state index in [1.165, 1.54) is 11.0 Å². The lowest BCUT2D eigenvalue weighted by Gasteiger charge is -2.26. The van der Waals surface area contributed by atoms with E-state index in [1.54, 1.807) is 48.5 Å². The Balaban J connectivity index is 1.44. The van der Waals surface area contributed by atoms with Crippen molar-refractivity contribution in [1.82, 2.24) is 0 Å². The molecule has 9 heteroatoms. The Kier molecular flexibility index (Phi) is 9.08. The second-order valence-electron chi connectivity index (χ2n) is 10.8. The van der Waals surface area contributed by atoms with Gasteiger partial charge in [0.2, 0.25) is 5.76 Å². The van der Waals surface area contributed by atoms with E-state index in [0.29, 0.717) is 53.2 Å². The highest BCUT2D eigenvalue weighted by molar-refractivity contribution is 6.31. The molecule has 1 amide bonds. The van der Waals surface area contributed by atoms with Crippen molar-refractivity contribution in [2.24, 2.45) is 0 Å². The van der Waals surface area contributed by atoms with Crippen molar-refractivity contribution in [2.45, 2.75) is 39.3 Å². The molecule has 0 saturated heterocycles. The van der Waals surface area contributed by atoms with Crippen LogP contribution in [0.1, 0.15) is 70.3 Å². The molecule has 1 aliphatic heterocycles. The second kappa shape index (κ2) is 13.5. The zero-order valence-corrected chi connectivity index (χ0v) is 26.2. The maximum Gasteiger partial charge on any atom is 0.338 e. The summed E-state index contributed by atoms with van der Waals surface area (Å²) in [6.07, 6.45) is 1.68. The Morgan fingerprint density at radius 2 is 1.67 bits per heavy atom. The summed E-state index contributed by atoms with van der Waals surface area (Å²) in [6, 6.07) is 25.5. The zero-order valence-electron chi connectivity index (χ0n) is 25.5. The molecular formula is C37H32ClNO7. The molecule has 1 aliphatic rings.